The Morgan fingerprint density at radius 2 is 1.83 bits per heavy atom. The minimum absolute atomic E-state index is 0.208. The van der Waals surface area contributed by atoms with Gasteiger partial charge in [0, 0.05) is 5.56 Å². The van der Waals surface area contributed by atoms with Crippen molar-refractivity contribution in [2.45, 2.75) is 37.3 Å². The van der Waals surface area contributed by atoms with E-state index in [2.05, 4.69) is 5.32 Å². The number of hydrogen-bond acceptors (Lipinski definition) is 4. The smallest absolute Gasteiger partial charge is 0.326 e. The maximum atomic E-state index is 12.2. The highest BCUT2D eigenvalue weighted by atomic mass is 32.2. The van der Waals surface area contributed by atoms with Crippen LogP contribution in [0.1, 0.15) is 47.2 Å². The van der Waals surface area contributed by atoms with E-state index in [1.807, 2.05) is 49.5 Å². The zero-order valence-corrected chi connectivity index (χ0v) is 15.1. The van der Waals surface area contributed by atoms with Crippen LogP contribution in [-0.2, 0) is 4.79 Å². The number of carboxylic acids is 1. The lowest BCUT2D eigenvalue weighted by atomic mass is 10.0. The second-order valence-electron chi connectivity index (χ2n) is 6.04. The largest absolute Gasteiger partial charge is 0.480 e. The van der Waals surface area contributed by atoms with E-state index in [-0.39, 0.29) is 11.8 Å². The van der Waals surface area contributed by atoms with Gasteiger partial charge in [0.1, 0.15) is 6.04 Å². The highest BCUT2D eigenvalue weighted by molar-refractivity contribution is 8.16. The normalized spacial score (nSPS) is 17.0. The van der Waals surface area contributed by atoms with Crippen LogP contribution in [0, 0.1) is 5.92 Å². The molecule has 1 atom stereocenters. The minimum atomic E-state index is -0.987. The van der Waals surface area contributed by atoms with E-state index in [9.17, 15) is 14.7 Å². The fourth-order valence-electron chi connectivity index (χ4n) is 2.41. The van der Waals surface area contributed by atoms with E-state index in [1.165, 1.54) is 23.5 Å². The fraction of sp³-hybridized carbons (Fsp3) is 0.529. The Labute approximate surface area is 145 Å². The Morgan fingerprint density at radius 3 is 2.35 bits per heavy atom. The molecule has 0 radical (unpaired) electrons. The molecule has 1 saturated heterocycles. The molecule has 1 aromatic carbocycles. The maximum absolute atomic E-state index is 12.2. The lowest BCUT2D eigenvalue weighted by molar-refractivity contribution is -0.139. The summed E-state index contributed by atoms with van der Waals surface area (Å²) in [6.45, 7) is 3.88. The van der Waals surface area contributed by atoms with Crippen molar-refractivity contribution in [2.24, 2.45) is 5.92 Å². The molecule has 6 heteroatoms. The summed E-state index contributed by atoms with van der Waals surface area (Å²) >= 11 is 3.87. The number of carbonyl (C=O) groups is 2. The van der Waals surface area contributed by atoms with Gasteiger partial charge in [0.2, 0.25) is 0 Å². The number of nitrogens with one attached hydrogen (secondary N) is 1. The summed E-state index contributed by atoms with van der Waals surface area (Å²) in [5, 5.41) is 11.8. The van der Waals surface area contributed by atoms with E-state index in [4.69, 9.17) is 0 Å². The minimum Gasteiger partial charge on any atom is -0.480 e. The van der Waals surface area contributed by atoms with Gasteiger partial charge in [-0.3, -0.25) is 4.79 Å². The second kappa shape index (κ2) is 8.64. The summed E-state index contributed by atoms with van der Waals surface area (Å²) in [4.78, 5) is 23.5. The Bertz CT molecular complexity index is 539. The number of carboxylic acid groups (broad SMARTS) is 1. The van der Waals surface area contributed by atoms with Crippen LogP contribution in [0.5, 0.6) is 0 Å². The number of hydrogen-bond donors (Lipinski definition) is 2. The molecule has 2 N–H and O–H groups in total. The number of carbonyl (C=O) groups excluding carboxylic acids is 1. The van der Waals surface area contributed by atoms with Crippen molar-refractivity contribution in [1.29, 1.82) is 0 Å². The van der Waals surface area contributed by atoms with Gasteiger partial charge in [-0.25, -0.2) is 4.79 Å². The van der Waals surface area contributed by atoms with Gasteiger partial charge >= 0.3 is 5.97 Å². The number of aliphatic carboxylic acids is 1. The van der Waals surface area contributed by atoms with Crippen LogP contribution >= 0.6 is 23.5 Å². The van der Waals surface area contributed by atoms with Crippen LogP contribution in [0.2, 0.25) is 0 Å². The van der Waals surface area contributed by atoms with Gasteiger partial charge in [-0.1, -0.05) is 26.0 Å². The molecule has 0 spiro atoms. The third-order valence-electron chi connectivity index (χ3n) is 3.58. The first-order valence-corrected chi connectivity index (χ1v) is 9.94. The fourth-order valence-corrected chi connectivity index (χ4v) is 5.30. The molecule has 1 aliphatic heterocycles. The quantitative estimate of drug-likeness (QED) is 0.814. The van der Waals surface area contributed by atoms with Gasteiger partial charge in [0.25, 0.3) is 5.91 Å². The lowest BCUT2D eigenvalue weighted by Crippen LogP contribution is -2.41. The first-order chi connectivity index (χ1) is 11.0. The number of thioether (sulfide) groups is 2. The van der Waals surface area contributed by atoms with Crippen LogP contribution in [0.15, 0.2) is 24.3 Å². The van der Waals surface area contributed by atoms with Crippen LogP contribution in [0.3, 0.4) is 0 Å². The molecule has 0 aliphatic carbocycles. The van der Waals surface area contributed by atoms with Gasteiger partial charge in [-0.2, -0.15) is 0 Å². The molecular weight excluding hydrogens is 330 g/mol. The number of rotatable bonds is 6. The summed E-state index contributed by atoms with van der Waals surface area (Å²) in [6, 6.07) is 6.68. The van der Waals surface area contributed by atoms with Crippen molar-refractivity contribution in [3.63, 3.8) is 0 Å². The number of benzene rings is 1. The van der Waals surface area contributed by atoms with Crippen molar-refractivity contribution < 1.29 is 14.7 Å². The zero-order valence-electron chi connectivity index (χ0n) is 13.5. The van der Waals surface area contributed by atoms with E-state index >= 15 is 0 Å². The molecular formula is C17H23NO3S2. The standard InChI is InChI=1S/C17H23NO3S2/c1-11(2)10-14(16(20)21)18-15(19)12-4-6-13(7-5-12)17-22-8-3-9-23-17/h4-7,11,14,17H,3,8-10H2,1-2H3,(H,18,19)(H,20,21)/t14-/m0/s1. The van der Waals surface area contributed by atoms with Crippen molar-refractivity contribution in [2.75, 3.05) is 11.5 Å². The summed E-state index contributed by atoms with van der Waals surface area (Å²) in [6.07, 6.45) is 1.67. The Kier molecular flexibility index (Phi) is 6.84. The molecule has 1 aliphatic rings. The van der Waals surface area contributed by atoms with Crippen molar-refractivity contribution >= 4 is 35.4 Å². The monoisotopic (exact) mass is 353 g/mol. The highest BCUT2D eigenvalue weighted by Gasteiger charge is 2.22. The summed E-state index contributed by atoms with van der Waals surface area (Å²) in [7, 11) is 0. The summed E-state index contributed by atoms with van der Waals surface area (Å²) in [5.74, 6) is 1.25. The Balaban J connectivity index is 2.00. The van der Waals surface area contributed by atoms with Gasteiger partial charge in [0.15, 0.2) is 0 Å². The molecule has 4 nitrogen and oxygen atoms in total. The average molecular weight is 354 g/mol. The molecule has 126 valence electrons. The molecule has 1 fully saturated rings. The van der Waals surface area contributed by atoms with Gasteiger partial charge in [-0.15, -0.1) is 23.5 Å². The average Bonchev–Trinajstić information content (AvgIpc) is 2.54. The Hall–Kier alpha value is -1.14. The topological polar surface area (TPSA) is 66.4 Å². The molecule has 1 amide bonds. The molecule has 2 rings (SSSR count). The van der Waals surface area contributed by atoms with Crippen LogP contribution < -0.4 is 5.32 Å². The second-order valence-corrected chi connectivity index (χ2v) is 8.77. The van der Waals surface area contributed by atoms with Gasteiger partial charge < -0.3 is 10.4 Å². The van der Waals surface area contributed by atoms with Crippen LogP contribution in [0.4, 0.5) is 0 Å². The third-order valence-corrected chi connectivity index (χ3v) is 6.60. The molecule has 0 unspecified atom stereocenters. The SMILES string of the molecule is CC(C)C[C@H](NC(=O)c1ccc(C2SCCCS2)cc1)C(=O)O. The van der Waals surface area contributed by atoms with Crippen molar-refractivity contribution in [3.8, 4) is 0 Å². The van der Waals surface area contributed by atoms with Gasteiger partial charge in [-0.05, 0) is 48.0 Å². The maximum Gasteiger partial charge on any atom is 0.326 e. The first kappa shape index (κ1) is 18.2. The number of amides is 1. The molecule has 1 aromatic rings. The molecule has 1 heterocycles. The van der Waals surface area contributed by atoms with E-state index in [0.717, 1.165) is 0 Å². The van der Waals surface area contributed by atoms with E-state index < -0.39 is 12.0 Å². The lowest BCUT2D eigenvalue weighted by Gasteiger charge is -2.21. The van der Waals surface area contributed by atoms with Crippen LogP contribution in [0.25, 0.3) is 0 Å². The van der Waals surface area contributed by atoms with Crippen molar-refractivity contribution in [1.82, 2.24) is 5.32 Å². The molecule has 0 aromatic heterocycles. The predicted octanol–water partition coefficient (Wildman–Crippen LogP) is 3.78. The zero-order chi connectivity index (χ0) is 16.8. The highest BCUT2D eigenvalue weighted by Crippen LogP contribution is 2.43. The summed E-state index contributed by atoms with van der Waals surface area (Å²) < 4.78 is 0.438. The summed E-state index contributed by atoms with van der Waals surface area (Å²) in [5.41, 5.74) is 1.72. The first-order valence-electron chi connectivity index (χ1n) is 7.84. The third kappa shape index (κ3) is 5.46. The molecule has 0 saturated carbocycles. The van der Waals surface area contributed by atoms with Gasteiger partial charge in [0.05, 0.1) is 4.58 Å². The van der Waals surface area contributed by atoms with E-state index in [1.54, 1.807) is 12.1 Å². The predicted molar refractivity (Wildman–Crippen MR) is 97.1 cm³/mol. The molecule has 0 bridgehead atoms. The van der Waals surface area contributed by atoms with E-state index in [0.29, 0.717) is 16.6 Å². The Morgan fingerprint density at radius 1 is 1.22 bits per heavy atom. The van der Waals surface area contributed by atoms with Crippen molar-refractivity contribution in [3.05, 3.63) is 35.4 Å². The molecule has 23 heavy (non-hydrogen) atoms. The van der Waals surface area contributed by atoms with Crippen LogP contribution in [-0.4, -0.2) is 34.5 Å².